The fourth-order valence-corrected chi connectivity index (χ4v) is 2.65. The fourth-order valence-electron chi connectivity index (χ4n) is 2.30. The summed E-state index contributed by atoms with van der Waals surface area (Å²) >= 11 is 12.4. The molecule has 0 bridgehead atoms. The molecular weight excluding hydrogens is 305 g/mol. The maximum Gasteiger partial charge on any atom is 0.153 e. The normalized spacial score (nSPS) is 10.8. The molecule has 106 valence electrons. The highest BCUT2D eigenvalue weighted by Crippen LogP contribution is 2.38. The molecule has 21 heavy (non-hydrogen) atoms. The van der Waals surface area contributed by atoms with Crippen LogP contribution in [-0.2, 0) is 0 Å². The zero-order valence-electron chi connectivity index (χ0n) is 11.3. The van der Waals surface area contributed by atoms with Gasteiger partial charge in [0.1, 0.15) is 0 Å². The second-order valence-electron chi connectivity index (χ2n) is 4.80. The number of aryl methyl sites for hydroxylation is 1. The van der Waals surface area contributed by atoms with E-state index >= 15 is 0 Å². The molecule has 0 atom stereocenters. The summed E-state index contributed by atoms with van der Waals surface area (Å²) in [6, 6.07) is 13.4. The van der Waals surface area contributed by atoms with Crippen molar-refractivity contribution in [2.24, 2.45) is 0 Å². The van der Waals surface area contributed by atoms with Gasteiger partial charge in [0.25, 0.3) is 0 Å². The standard InChI is InChI=1S/C16H13Cl2N3/c1-9-8-10(6-7-12(9)17)15-14(16(19)21-20-15)11-4-2-3-5-13(11)18/h2-8H,1H3,(H3,19,20,21). The maximum absolute atomic E-state index is 6.29. The van der Waals surface area contributed by atoms with Crippen molar-refractivity contribution in [1.29, 1.82) is 0 Å². The summed E-state index contributed by atoms with van der Waals surface area (Å²) in [7, 11) is 0. The first kappa shape index (κ1) is 14.0. The number of nitrogens with zero attached hydrogens (tertiary/aromatic N) is 1. The van der Waals surface area contributed by atoms with E-state index < -0.39 is 0 Å². The van der Waals surface area contributed by atoms with Crippen molar-refractivity contribution >= 4 is 29.0 Å². The molecule has 0 aliphatic rings. The number of aromatic amines is 1. The van der Waals surface area contributed by atoms with Gasteiger partial charge in [-0.15, -0.1) is 0 Å². The van der Waals surface area contributed by atoms with Gasteiger partial charge in [0.15, 0.2) is 5.82 Å². The van der Waals surface area contributed by atoms with Crippen LogP contribution in [0.4, 0.5) is 5.82 Å². The van der Waals surface area contributed by atoms with Gasteiger partial charge < -0.3 is 5.73 Å². The van der Waals surface area contributed by atoms with Gasteiger partial charge in [0, 0.05) is 21.2 Å². The lowest BCUT2D eigenvalue weighted by molar-refractivity contribution is 1.10. The Kier molecular flexibility index (Phi) is 3.62. The van der Waals surface area contributed by atoms with Gasteiger partial charge in [0.05, 0.1) is 11.3 Å². The third-order valence-electron chi connectivity index (χ3n) is 3.38. The molecule has 2 aromatic carbocycles. The minimum absolute atomic E-state index is 0.422. The first-order valence-electron chi connectivity index (χ1n) is 6.43. The van der Waals surface area contributed by atoms with Crippen molar-refractivity contribution in [3.63, 3.8) is 0 Å². The maximum atomic E-state index is 6.29. The molecule has 1 heterocycles. The summed E-state index contributed by atoms with van der Waals surface area (Å²) in [6.45, 7) is 1.96. The van der Waals surface area contributed by atoms with Crippen LogP contribution in [0.5, 0.6) is 0 Å². The molecule has 1 aromatic heterocycles. The molecule has 3 N–H and O–H groups in total. The van der Waals surface area contributed by atoms with E-state index in [2.05, 4.69) is 10.2 Å². The van der Waals surface area contributed by atoms with E-state index in [1.54, 1.807) is 0 Å². The molecule has 0 saturated carbocycles. The van der Waals surface area contributed by atoms with Crippen LogP contribution in [0.2, 0.25) is 10.0 Å². The van der Waals surface area contributed by atoms with Crippen molar-refractivity contribution in [2.45, 2.75) is 6.92 Å². The largest absolute Gasteiger partial charge is 0.382 e. The Morgan fingerprint density at radius 1 is 1.05 bits per heavy atom. The van der Waals surface area contributed by atoms with Gasteiger partial charge in [-0.1, -0.05) is 47.5 Å². The number of nitrogens with one attached hydrogen (secondary N) is 1. The molecule has 0 aliphatic carbocycles. The predicted molar refractivity (Wildman–Crippen MR) is 88.6 cm³/mol. The minimum atomic E-state index is 0.422. The Balaban J connectivity index is 2.22. The average Bonchev–Trinajstić information content (AvgIpc) is 2.84. The van der Waals surface area contributed by atoms with Crippen LogP contribution >= 0.6 is 23.2 Å². The molecule has 5 heteroatoms. The summed E-state index contributed by atoms with van der Waals surface area (Å²) in [5.74, 6) is 0.422. The molecule has 3 nitrogen and oxygen atoms in total. The topological polar surface area (TPSA) is 54.7 Å². The number of rotatable bonds is 2. The monoisotopic (exact) mass is 317 g/mol. The highest BCUT2D eigenvalue weighted by atomic mass is 35.5. The lowest BCUT2D eigenvalue weighted by Gasteiger charge is -2.08. The number of anilines is 1. The van der Waals surface area contributed by atoms with Crippen LogP contribution in [0.15, 0.2) is 42.5 Å². The highest BCUT2D eigenvalue weighted by Gasteiger charge is 2.17. The van der Waals surface area contributed by atoms with Crippen molar-refractivity contribution in [2.75, 3.05) is 5.73 Å². The third kappa shape index (κ3) is 2.50. The Hall–Kier alpha value is -1.97. The Morgan fingerprint density at radius 2 is 1.81 bits per heavy atom. The summed E-state index contributed by atoms with van der Waals surface area (Å²) in [5, 5.41) is 8.47. The quantitative estimate of drug-likeness (QED) is 0.703. The number of aromatic nitrogens is 2. The Labute approximate surface area is 132 Å². The van der Waals surface area contributed by atoms with Crippen LogP contribution in [0.25, 0.3) is 22.4 Å². The fraction of sp³-hybridized carbons (Fsp3) is 0.0625. The SMILES string of the molecule is Cc1cc(-c2[nH]nc(N)c2-c2ccccc2Cl)ccc1Cl. The molecule has 0 spiro atoms. The first-order valence-corrected chi connectivity index (χ1v) is 7.19. The number of hydrogen-bond donors (Lipinski definition) is 2. The van der Waals surface area contributed by atoms with E-state index in [0.29, 0.717) is 10.8 Å². The van der Waals surface area contributed by atoms with Crippen LogP contribution in [0.1, 0.15) is 5.56 Å². The van der Waals surface area contributed by atoms with Gasteiger partial charge in [-0.25, -0.2) is 0 Å². The lowest BCUT2D eigenvalue weighted by atomic mass is 10.00. The second kappa shape index (κ2) is 5.43. The van der Waals surface area contributed by atoms with Gasteiger partial charge in [-0.3, -0.25) is 5.10 Å². The van der Waals surface area contributed by atoms with Gasteiger partial charge >= 0.3 is 0 Å². The third-order valence-corrected chi connectivity index (χ3v) is 4.14. The van der Waals surface area contributed by atoms with Crippen molar-refractivity contribution in [3.05, 3.63) is 58.1 Å². The summed E-state index contributed by atoms with van der Waals surface area (Å²) in [5.41, 5.74) is 10.5. The van der Waals surface area contributed by atoms with Crippen molar-refractivity contribution < 1.29 is 0 Å². The van der Waals surface area contributed by atoms with Crippen molar-refractivity contribution in [1.82, 2.24) is 10.2 Å². The second-order valence-corrected chi connectivity index (χ2v) is 5.62. The van der Waals surface area contributed by atoms with E-state index in [-0.39, 0.29) is 0 Å². The lowest BCUT2D eigenvalue weighted by Crippen LogP contribution is -1.90. The highest BCUT2D eigenvalue weighted by molar-refractivity contribution is 6.33. The van der Waals surface area contributed by atoms with E-state index in [4.69, 9.17) is 28.9 Å². The zero-order valence-corrected chi connectivity index (χ0v) is 12.8. The van der Waals surface area contributed by atoms with Crippen LogP contribution in [-0.4, -0.2) is 10.2 Å². The van der Waals surface area contributed by atoms with Gasteiger partial charge in [0.2, 0.25) is 0 Å². The van der Waals surface area contributed by atoms with Crippen LogP contribution in [0, 0.1) is 6.92 Å². The Bertz CT molecular complexity index is 809. The van der Waals surface area contributed by atoms with Crippen LogP contribution in [0.3, 0.4) is 0 Å². The van der Waals surface area contributed by atoms with E-state index in [0.717, 1.165) is 33.0 Å². The minimum Gasteiger partial charge on any atom is -0.382 e. The molecular formula is C16H13Cl2N3. The zero-order chi connectivity index (χ0) is 15.0. The van der Waals surface area contributed by atoms with E-state index in [9.17, 15) is 0 Å². The first-order chi connectivity index (χ1) is 10.1. The number of hydrogen-bond acceptors (Lipinski definition) is 2. The number of nitrogens with two attached hydrogens (primary N) is 1. The summed E-state index contributed by atoms with van der Waals surface area (Å²) in [4.78, 5) is 0. The smallest absolute Gasteiger partial charge is 0.153 e. The molecule has 0 aliphatic heterocycles. The molecule has 0 radical (unpaired) electrons. The van der Waals surface area contributed by atoms with E-state index in [1.807, 2.05) is 49.4 Å². The van der Waals surface area contributed by atoms with Gasteiger partial charge in [-0.05, 0) is 30.7 Å². The summed E-state index contributed by atoms with van der Waals surface area (Å²) < 4.78 is 0. The van der Waals surface area contributed by atoms with Crippen molar-refractivity contribution in [3.8, 4) is 22.4 Å². The molecule has 3 aromatic rings. The predicted octanol–water partition coefficient (Wildman–Crippen LogP) is 4.94. The number of nitrogen functional groups attached to an aromatic ring is 1. The van der Waals surface area contributed by atoms with Gasteiger partial charge in [-0.2, -0.15) is 5.10 Å². The molecule has 0 fully saturated rings. The molecule has 0 unspecified atom stereocenters. The van der Waals surface area contributed by atoms with E-state index in [1.165, 1.54) is 0 Å². The number of benzene rings is 2. The number of H-pyrrole nitrogens is 1. The summed E-state index contributed by atoms with van der Waals surface area (Å²) in [6.07, 6.45) is 0. The Morgan fingerprint density at radius 3 is 2.52 bits per heavy atom. The molecule has 0 amide bonds. The van der Waals surface area contributed by atoms with Crippen LogP contribution < -0.4 is 5.73 Å². The molecule has 0 saturated heterocycles. The average molecular weight is 318 g/mol. The molecule has 3 rings (SSSR count). The number of halogens is 2.